The Labute approximate surface area is 143 Å². The summed E-state index contributed by atoms with van der Waals surface area (Å²) in [6.07, 6.45) is 3.04. The van der Waals surface area contributed by atoms with Crippen LogP contribution in [0.25, 0.3) is 10.8 Å². The van der Waals surface area contributed by atoms with Crippen molar-refractivity contribution in [2.24, 2.45) is 23.7 Å². The molecule has 0 radical (unpaired) electrons. The number of benzene rings is 2. The van der Waals surface area contributed by atoms with Crippen LogP contribution in [-0.2, 0) is 9.59 Å². The largest absolute Gasteiger partial charge is 0.277 e. The van der Waals surface area contributed by atoms with Crippen molar-refractivity contribution in [2.45, 2.75) is 19.3 Å². The molecule has 6 heteroatoms. The number of nitrogens with zero attached hydrogens (tertiary/aromatic N) is 2. The molecular weight excluding hydrogens is 320 g/mol. The number of amides is 2. The smallest absolute Gasteiger partial charge is 0.274 e. The first-order valence-corrected chi connectivity index (χ1v) is 8.62. The molecule has 2 bridgehead atoms. The lowest BCUT2D eigenvalue weighted by Gasteiger charge is -2.19. The van der Waals surface area contributed by atoms with Crippen LogP contribution in [0.4, 0.5) is 11.4 Å². The Morgan fingerprint density at radius 1 is 0.920 bits per heavy atom. The van der Waals surface area contributed by atoms with E-state index in [1.165, 1.54) is 11.0 Å². The third kappa shape index (κ3) is 1.79. The zero-order valence-electron chi connectivity index (χ0n) is 13.4. The van der Waals surface area contributed by atoms with Gasteiger partial charge < -0.3 is 0 Å². The molecule has 1 saturated heterocycles. The monoisotopic (exact) mass is 336 g/mol. The van der Waals surface area contributed by atoms with Gasteiger partial charge in [0.05, 0.1) is 27.8 Å². The number of nitro groups is 1. The lowest BCUT2D eigenvalue weighted by molar-refractivity contribution is -0.383. The van der Waals surface area contributed by atoms with Gasteiger partial charge in [0.1, 0.15) is 0 Å². The van der Waals surface area contributed by atoms with E-state index in [0.29, 0.717) is 28.3 Å². The Hall–Kier alpha value is -2.76. The zero-order chi connectivity index (χ0) is 17.3. The molecule has 0 spiro atoms. The molecular formula is C19H16N2O4. The third-order valence-corrected chi connectivity index (χ3v) is 6.24. The summed E-state index contributed by atoms with van der Waals surface area (Å²) in [6, 6.07) is 9.82. The number of imide groups is 1. The fraction of sp³-hybridized carbons (Fsp3) is 0.368. The predicted molar refractivity (Wildman–Crippen MR) is 90.9 cm³/mol. The van der Waals surface area contributed by atoms with E-state index in [1.54, 1.807) is 30.3 Å². The van der Waals surface area contributed by atoms with Crippen molar-refractivity contribution in [1.82, 2.24) is 0 Å². The molecule has 25 heavy (non-hydrogen) atoms. The van der Waals surface area contributed by atoms with Crippen molar-refractivity contribution in [3.05, 3.63) is 46.5 Å². The molecule has 6 nitrogen and oxygen atoms in total. The minimum Gasteiger partial charge on any atom is -0.274 e. The third-order valence-electron chi connectivity index (χ3n) is 6.24. The second kappa shape index (κ2) is 4.88. The Morgan fingerprint density at radius 2 is 1.52 bits per heavy atom. The number of hydrogen-bond acceptors (Lipinski definition) is 4. The van der Waals surface area contributed by atoms with Gasteiger partial charge in [0.2, 0.25) is 11.8 Å². The highest BCUT2D eigenvalue weighted by molar-refractivity contribution is 6.25. The summed E-state index contributed by atoms with van der Waals surface area (Å²) in [5, 5.41) is 12.3. The molecule has 4 atom stereocenters. The van der Waals surface area contributed by atoms with Crippen LogP contribution in [0, 0.1) is 33.8 Å². The highest BCUT2D eigenvalue weighted by atomic mass is 16.6. The molecule has 2 amide bonds. The highest BCUT2D eigenvalue weighted by Gasteiger charge is 2.61. The van der Waals surface area contributed by atoms with E-state index in [1.807, 2.05) is 0 Å². The van der Waals surface area contributed by atoms with Gasteiger partial charge in [-0.2, -0.15) is 0 Å². The van der Waals surface area contributed by atoms with Gasteiger partial charge in [-0.25, -0.2) is 4.90 Å². The van der Waals surface area contributed by atoms with E-state index in [-0.39, 0.29) is 29.3 Å². The molecule has 5 rings (SSSR count). The maximum atomic E-state index is 13.0. The standard InChI is InChI=1S/C19H16N2O4/c22-18-16-10-5-6-11(9-10)17(16)19(23)20(18)14-7-8-15(21(24)25)13-4-2-1-3-12(13)14/h1-4,7-8,10-11,16-17H,5-6,9H2. The van der Waals surface area contributed by atoms with Crippen molar-refractivity contribution >= 4 is 34.0 Å². The maximum Gasteiger partial charge on any atom is 0.277 e. The van der Waals surface area contributed by atoms with Crippen molar-refractivity contribution < 1.29 is 14.5 Å². The maximum absolute atomic E-state index is 13.0. The number of fused-ring (bicyclic) bond motifs is 6. The second-order valence-electron chi connectivity index (χ2n) is 7.30. The molecule has 126 valence electrons. The van der Waals surface area contributed by atoms with Crippen LogP contribution < -0.4 is 4.90 Å². The molecule has 4 unspecified atom stereocenters. The Bertz CT molecular complexity index is 926. The summed E-state index contributed by atoms with van der Waals surface area (Å²) < 4.78 is 0. The number of carbonyl (C=O) groups is 2. The van der Waals surface area contributed by atoms with Gasteiger partial charge in [0.15, 0.2) is 0 Å². The summed E-state index contributed by atoms with van der Waals surface area (Å²) in [5.41, 5.74) is 0.462. The second-order valence-corrected chi connectivity index (χ2v) is 7.30. The summed E-state index contributed by atoms with van der Waals surface area (Å²) in [4.78, 5) is 38.2. The SMILES string of the molecule is O=C1C2C3CCC(C3)C2C(=O)N1c1ccc([N+](=O)[O-])c2ccccc12. The summed E-state index contributed by atoms with van der Waals surface area (Å²) in [6.45, 7) is 0. The normalized spacial score (nSPS) is 30.3. The van der Waals surface area contributed by atoms with Crippen LogP contribution in [0.2, 0.25) is 0 Å². The number of rotatable bonds is 2. The quantitative estimate of drug-likeness (QED) is 0.479. The van der Waals surface area contributed by atoms with Crippen LogP contribution in [0.15, 0.2) is 36.4 Å². The number of anilines is 1. The fourth-order valence-electron chi connectivity index (χ4n) is 5.27. The van der Waals surface area contributed by atoms with Crippen molar-refractivity contribution in [3.63, 3.8) is 0 Å². The molecule has 2 aliphatic carbocycles. The number of nitro benzene ring substituents is 1. The first kappa shape index (κ1) is 14.6. The Morgan fingerprint density at radius 3 is 2.12 bits per heavy atom. The van der Waals surface area contributed by atoms with Crippen molar-refractivity contribution in [2.75, 3.05) is 4.90 Å². The Kier molecular flexibility index (Phi) is 2.84. The minimum atomic E-state index is -0.436. The fourth-order valence-corrected chi connectivity index (χ4v) is 5.27. The molecule has 1 heterocycles. The molecule has 3 aliphatic rings. The lowest BCUT2D eigenvalue weighted by atomic mass is 9.81. The van der Waals surface area contributed by atoms with E-state index >= 15 is 0 Å². The van der Waals surface area contributed by atoms with Crippen LogP contribution in [0.5, 0.6) is 0 Å². The van der Waals surface area contributed by atoms with Crippen molar-refractivity contribution in [3.8, 4) is 0 Å². The van der Waals surface area contributed by atoms with Crippen molar-refractivity contribution in [1.29, 1.82) is 0 Å². The van der Waals surface area contributed by atoms with Gasteiger partial charge in [0, 0.05) is 11.5 Å². The molecule has 0 aromatic heterocycles. The van der Waals surface area contributed by atoms with E-state index in [0.717, 1.165) is 19.3 Å². The van der Waals surface area contributed by atoms with Gasteiger partial charge in [-0.05, 0) is 43.2 Å². The Balaban J connectivity index is 1.67. The highest BCUT2D eigenvalue weighted by Crippen LogP contribution is 2.57. The van der Waals surface area contributed by atoms with E-state index in [2.05, 4.69) is 0 Å². The first-order valence-electron chi connectivity index (χ1n) is 8.62. The summed E-state index contributed by atoms with van der Waals surface area (Å²) >= 11 is 0. The summed E-state index contributed by atoms with van der Waals surface area (Å²) in [7, 11) is 0. The van der Waals surface area contributed by atoms with Gasteiger partial charge in [-0.15, -0.1) is 0 Å². The molecule has 2 aromatic carbocycles. The van der Waals surface area contributed by atoms with E-state index in [9.17, 15) is 19.7 Å². The number of hydrogen-bond donors (Lipinski definition) is 0. The molecule has 2 saturated carbocycles. The first-order chi connectivity index (χ1) is 12.1. The summed E-state index contributed by atoms with van der Waals surface area (Å²) in [5.74, 6) is 0.00402. The average molecular weight is 336 g/mol. The van der Waals surface area contributed by atoms with Crippen LogP contribution in [-0.4, -0.2) is 16.7 Å². The number of carbonyl (C=O) groups excluding carboxylic acids is 2. The van der Waals surface area contributed by atoms with Crippen LogP contribution >= 0.6 is 0 Å². The minimum absolute atomic E-state index is 0.0151. The van der Waals surface area contributed by atoms with Gasteiger partial charge >= 0.3 is 0 Å². The molecule has 2 aromatic rings. The van der Waals surface area contributed by atoms with Crippen LogP contribution in [0.3, 0.4) is 0 Å². The zero-order valence-corrected chi connectivity index (χ0v) is 13.4. The topological polar surface area (TPSA) is 80.5 Å². The predicted octanol–water partition coefficient (Wildman–Crippen LogP) is 3.28. The van der Waals surface area contributed by atoms with Gasteiger partial charge in [-0.3, -0.25) is 19.7 Å². The van der Waals surface area contributed by atoms with E-state index < -0.39 is 4.92 Å². The molecule has 3 fully saturated rings. The van der Waals surface area contributed by atoms with Crippen LogP contribution in [0.1, 0.15) is 19.3 Å². The van der Waals surface area contributed by atoms with E-state index in [4.69, 9.17) is 0 Å². The lowest BCUT2D eigenvalue weighted by Crippen LogP contribution is -2.32. The number of non-ortho nitro benzene ring substituents is 1. The molecule has 1 aliphatic heterocycles. The van der Waals surface area contributed by atoms with Gasteiger partial charge in [-0.1, -0.05) is 18.2 Å². The van der Waals surface area contributed by atoms with Gasteiger partial charge in [0.25, 0.3) is 5.69 Å². The average Bonchev–Trinajstić information content (AvgIpc) is 3.28. The molecule has 0 N–H and O–H groups in total.